The SMILES string of the molecule is CCNCC1(C2CCCCC2)CC1. The molecule has 76 valence electrons. The number of hydrogen-bond acceptors (Lipinski definition) is 1. The zero-order valence-electron chi connectivity index (χ0n) is 8.94. The van der Waals surface area contributed by atoms with E-state index in [9.17, 15) is 0 Å². The number of rotatable bonds is 4. The molecule has 0 atom stereocenters. The summed E-state index contributed by atoms with van der Waals surface area (Å²) in [5.74, 6) is 1.07. The molecule has 0 aromatic rings. The van der Waals surface area contributed by atoms with Gasteiger partial charge in [-0.1, -0.05) is 26.2 Å². The Balaban J connectivity index is 1.82. The van der Waals surface area contributed by atoms with Crippen LogP contribution >= 0.6 is 0 Å². The summed E-state index contributed by atoms with van der Waals surface area (Å²) in [7, 11) is 0. The first-order chi connectivity index (χ1) is 6.37. The number of nitrogens with one attached hydrogen (secondary N) is 1. The fourth-order valence-electron chi connectivity index (χ4n) is 2.98. The van der Waals surface area contributed by atoms with Gasteiger partial charge >= 0.3 is 0 Å². The molecule has 2 aliphatic carbocycles. The van der Waals surface area contributed by atoms with Gasteiger partial charge in [-0.15, -0.1) is 0 Å². The van der Waals surface area contributed by atoms with Crippen LogP contribution in [0.15, 0.2) is 0 Å². The van der Waals surface area contributed by atoms with E-state index in [4.69, 9.17) is 0 Å². The maximum absolute atomic E-state index is 3.55. The molecule has 1 N–H and O–H groups in total. The third-order valence-electron chi connectivity index (χ3n) is 4.09. The quantitative estimate of drug-likeness (QED) is 0.703. The van der Waals surface area contributed by atoms with Crippen LogP contribution in [0.25, 0.3) is 0 Å². The van der Waals surface area contributed by atoms with Crippen molar-refractivity contribution in [3.63, 3.8) is 0 Å². The molecule has 2 aliphatic rings. The van der Waals surface area contributed by atoms with Crippen LogP contribution in [0, 0.1) is 11.3 Å². The lowest BCUT2D eigenvalue weighted by Crippen LogP contribution is -2.30. The molecule has 2 saturated carbocycles. The van der Waals surface area contributed by atoms with Gasteiger partial charge in [-0.2, -0.15) is 0 Å². The highest BCUT2D eigenvalue weighted by Crippen LogP contribution is 2.55. The highest BCUT2D eigenvalue weighted by atomic mass is 14.9. The predicted molar refractivity (Wildman–Crippen MR) is 56.8 cm³/mol. The van der Waals surface area contributed by atoms with Gasteiger partial charge in [0.05, 0.1) is 0 Å². The van der Waals surface area contributed by atoms with Gasteiger partial charge in [0, 0.05) is 6.54 Å². The average Bonchev–Trinajstić information content (AvgIpc) is 2.97. The van der Waals surface area contributed by atoms with Gasteiger partial charge in [0.25, 0.3) is 0 Å². The van der Waals surface area contributed by atoms with Crippen LogP contribution in [0.2, 0.25) is 0 Å². The van der Waals surface area contributed by atoms with Crippen LogP contribution in [0.5, 0.6) is 0 Å². The highest BCUT2D eigenvalue weighted by Gasteiger charge is 2.48. The Morgan fingerprint density at radius 2 is 1.85 bits per heavy atom. The molecule has 0 bridgehead atoms. The summed E-state index contributed by atoms with van der Waals surface area (Å²) in [5, 5.41) is 3.55. The van der Waals surface area contributed by atoms with Crippen LogP contribution < -0.4 is 5.32 Å². The van der Waals surface area contributed by atoms with Crippen molar-refractivity contribution in [1.82, 2.24) is 5.32 Å². The van der Waals surface area contributed by atoms with Gasteiger partial charge < -0.3 is 5.32 Å². The van der Waals surface area contributed by atoms with Crippen molar-refractivity contribution in [3.05, 3.63) is 0 Å². The van der Waals surface area contributed by atoms with E-state index >= 15 is 0 Å². The summed E-state index contributed by atoms with van der Waals surface area (Å²) in [5.41, 5.74) is 0.760. The van der Waals surface area contributed by atoms with Gasteiger partial charge in [-0.25, -0.2) is 0 Å². The molecule has 2 fully saturated rings. The summed E-state index contributed by atoms with van der Waals surface area (Å²) in [6.07, 6.45) is 10.5. The smallest absolute Gasteiger partial charge is 0.00104 e. The second-order valence-electron chi connectivity index (χ2n) is 4.98. The molecule has 0 heterocycles. The Morgan fingerprint density at radius 3 is 2.38 bits per heavy atom. The van der Waals surface area contributed by atoms with Crippen LogP contribution in [0.3, 0.4) is 0 Å². The van der Waals surface area contributed by atoms with E-state index in [-0.39, 0.29) is 0 Å². The predicted octanol–water partition coefficient (Wildman–Crippen LogP) is 2.96. The van der Waals surface area contributed by atoms with Crippen LogP contribution in [-0.2, 0) is 0 Å². The van der Waals surface area contributed by atoms with Crippen molar-refractivity contribution in [2.24, 2.45) is 11.3 Å². The second kappa shape index (κ2) is 4.00. The normalized spacial score (nSPS) is 27.5. The fourth-order valence-corrected chi connectivity index (χ4v) is 2.98. The molecule has 0 aliphatic heterocycles. The van der Waals surface area contributed by atoms with E-state index in [1.54, 1.807) is 0 Å². The lowest BCUT2D eigenvalue weighted by Gasteiger charge is -2.30. The Morgan fingerprint density at radius 1 is 1.15 bits per heavy atom. The molecule has 2 rings (SSSR count). The maximum Gasteiger partial charge on any atom is 0.00104 e. The highest BCUT2D eigenvalue weighted by molar-refractivity contribution is 5.00. The van der Waals surface area contributed by atoms with E-state index in [0.29, 0.717) is 0 Å². The summed E-state index contributed by atoms with van der Waals surface area (Å²) in [4.78, 5) is 0. The first-order valence-corrected chi connectivity index (χ1v) is 6.08. The van der Waals surface area contributed by atoms with E-state index in [0.717, 1.165) is 17.9 Å². The first kappa shape index (κ1) is 9.51. The molecule has 0 amide bonds. The molecule has 0 aromatic carbocycles. The lowest BCUT2D eigenvalue weighted by atomic mass is 9.77. The molecule has 1 heteroatoms. The third-order valence-corrected chi connectivity index (χ3v) is 4.09. The van der Waals surface area contributed by atoms with E-state index in [1.807, 2.05) is 0 Å². The van der Waals surface area contributed by atoms with Crippen molar-refractivity contribution in [3.8, 4) is 0 Å². The van der Waals surface area contributed by atoms with E-state index < -0.39 is 0 Å². The van der Waals surface area contributed by atoms with E-state index in [2.05, 4.69) is 12.2 Å². The van der Waals surface area contributed by atoms with Gasteiger partial charge in [0.2, 0.25) is 0 Å². The van der Waals surface area contributed by atoms with Gasteiger partial charge in [-0.3, -0.25) is 0 Å². The molecular weight excluding hydrogens is 158 g/mol. The number of hydrogen-bond donors (Lipinski definition) is 1. The Labute approximate surface area is 82.3 Å². The second-order valence-corrected chi connectivity index (χ2v) is 4.98. The summed E-state index contributed by atoms with van der Waals surface area (Å²) >= 11 is 0. The van der Waals surface area contributed by atoms with Crippen molar-refractivity contribution < 1.29 is 0 Å². The lowest BCUT2D eigenvalue weighted by molar-refractivity contribution is 0.222. The molecule has 0 radical (unpaired) electrons. The molecule has 1 nitrogen and oxygen atoms in total. The Kier molecular flexibility index (Phi) is 2.92. The Bertz CT molecular complexity index is 155. The van der Waals surface area contributed by atoms with Crippen molar-refractivity contribution >= 4 is 0 Å². The molecule has 13 heavy (non-hydrogen) atoms. The van der Waals surface area contributed by atoms with Gasteiger partial charge in [0.15, 0.2) is 0 Å². The Hall–Kier alpha value is -0.0400. The average molecular weight is 181 g/mol. The van der Waals surface area contributed by atoms with Gasteiger partial charge in [-0.05, 0) is 43.6 Å². The van der Waals surface area contributed by atoms with Crippen molar-refractivity contribution in [1.29, 1.82) is 0 Å². The maximum atomic E-state index is 3.55. The largest absolute Gasteiger partial charge is 0.316 e. The molecule has 0 saturated heterocycles. The fraction of sp³-hybridized carbons (Fsp3) is 1.00. The van der Waals surface area contributed by atoms with E-state index in [1.165, 1.54) is 51.5 Å². The minimum absolute atomic E-state index is 0.760. The molecular formula is C12H23N. The molecule has 0 aromatic heterocycles. The van der Waals surface area contributed by atoms with Crippen LogP contribution in [0.4, 0.5) is 0 Å². The molecule has 0 unspecified atom stereocenters. The van der Waals surface area contributed by atoms with Crippen LogP contribution in [-0.4, -0.2) is 13.1 Å². The molecule has 0 spiro atoms. The monoisotopic (exact) mass is 181 g/mol. The summed E-state index contributed by atoms with van der Waals surface area (Å²) < 4.78 is 0. The van der Waals surface area contributed by atoms with Gasteiger partial charge in [0.1, 0.15) is 0 Å². The zero-order chi connectivity index (χ0) is 9.15. The van der Waals surface area contributed by atoms with Crippen molar-refractivity contribution in [2.75, 3.05) is 13.1 Å². The summed E-state index contributed by atoms with van der Waals surface area (Å²) in [6, 6.07) is 0. The van der Waals surface area contributed by atoms with Crippen molar-refractivity contribution in [2.45, 2.75) is 51.9 Å². The van der Waals surface area contributed by atoms with Crippen LogP contribution in [0.1, 0.15) is 51.9 Å². The first-order valence-electron chi connectivity index (χ1n) is 6.08. The zero-order valence-corrected chi connectivity index (χ0v) is 8.94. The summed E-state index contributed by atoms with van der Waals surface area (Å²) in [6.45, 7) is 4.67. The standard InChI is InChI=1S/C12H23N/c1-2-13-10-12(8-9-12)11-6-4-3-5-7-11/h11,13H,2-10H2,1H3. The third kappa shape index (κ3) is 2.07. The minimum Gasteiger partial charge on any atom is -0.316 e. The minimum atomic E-state index is 0.760. The topological polar surface area (TPSA) is 12.0 Å².